The Morgan fingerprint density at radius 1 is 1.42 bits per heavy atom. The summed E-state index contributed by atoms with van der Waals surface area (Å²) in [6.45, 7) is 1.48. The van der Waals surface area contributed by atoms with Crippen LogP contribution in [0.3, 0.4) is 0 Å². The molecule has 0 aliphatic heterocycles. The van der Waals surface area contributed by atoms with Crippen LogP contribution in [0.1, 0.15) is 17.5 Å². The van der Waals surface area contributed by atoms with E-state index in [1.807, 2.05) is 12.1 Å². The number of rotatable bonds is 1. The van der Waals surface area contributed by atoms with E-state index in [9.17, 15) is 4.79 Å². The molecule has 0 radical (unpaired) electrons. The van der Waals surface area contributed by atoms with Crippen molar-refractivity contribution in [3.05, 3.63) is 30.2 Å². The van der Waals surface area contributed by atoms with Gasteiger partial charge < -0.3 is 0 Å². The molecule has 0 atom stereocenters. The zero-order valence-corrected chi connectivity index (χ0v) is 6.56. The maximum absolute atomic E-state index is 11.0. The van der Waals surface area contributed by atoms with E-state index >= 15 is 0 Å². The van der Waals surface area contributed by atoms with Gasteiger partial charge in [0.15, 0.2) is 11.4 Å². The molecule has 4 heteroatoms. The van der Waals surface area contributed by atoms with E-state index in [1.165, 1.54) is 6.92 Å². The fraction of sp³-hybridized carbons (Fsp3) is 0.125. The van der Waals surface area contributed by atoms with Gasteiger partial charge in [0, 0.05) is 13.1 Å². The van der Waals surface area contributed by atoms with Gasteiger partial charge in [0.2, 0.25) is 5.82 Å². The zero-order chi connectivity index (χ0) is 8.55. The molecule has 2 aromatic heterocycles. The lowest BCUT2D eigenvalue weighted by molar-refractivity contribution is 0.100. The first-order valence-corrected chi connectivity index (χ1v) is 3.60. The van der Waals surface area contributed by atoms with Crippen molar-refractivity contribution in [3.63, 3.8) is 0 Å². The SMILES string of the molecule is CC(=O)c1nnc2ccccn12. The Bertz CT molecular complexity index is 433. The Morgan fingerprint density at radius 2 is 2.25 bits per heavy atom. The van der Waals surface area contributed by atoms with Crippen molar-refractivity contribution >= 4 is 11.4 Å². The summed E-state index contributed by atoms with van der Waals surface area (Å²) in [4.78, 5) is 11.0. The number of fused-ring (bicyclic) bond motifs is 1. The highest BCUT2D eigenvalue weighted by Gasteiger charge is 2.07. The number of Topliss-reactive ketones (excluding diaryl/α,β-unsaturated/α-hetero) is 1. The third kappa shape index (κ3) is 0.887. The molecule has 60 valence electrons. The van der Waals surface area contributed by atoms with E-state index in [0.717, 1.165) is 0 Å². The number of aromatic nitrogens is 3. The lowest BCUT2D eigenvalue weighted by Crippen LogP contribution is -1.99. The van der Waals surface area contributed by atoms with Crippen molar-refractivity contribution in [2.75, 3.05) is 0 Å². The fourth-order valence-electron chi connectivity index (χ4n) is 1.08. The quantitative estimate of drug-likeness (QED) is 0.584. The van der Waals surface area contributed by atoms with Gasteiger partial charge in [0.1, 0.15) is 0 Å². The lowest BCUT2D eigenvalue weighted by Gasteiger charge is -1.92. The molecule has 4 nitrogen and oxygen atoms in total. The number of hydrogen-bond donors (Lipinski definition) is 0. The summed E-state index contributed by atoms with van der Waals surface area (Å²) in [6.07, 6.45) is 1.77. The third-order valence-corrected chi connectivity index (χ3v) is 1.63. The lowest BCUT2D eigenvalue weighted by atomic mass is 10.4. The monoisotopic (exact) mass is 161 g/mol. The van der Waals surface area contributed by atoms with Crippen molar-refractivity contribution in [3.8, 4) is 0 Å². The first-order chi connectivity index (χ1) is 5.79. The Balaban J connectivity index is 2.79. The van der Waals surface area contributed by atoms with E-state index in [-0.39, 0.29) is 5.78 Å². The molecule has 12 heavy (non-hydrogen) atoms. The van der Waals surface area contributed by atoms with Crippen LogP contribution in [0.5, 0.6) is 0 Å². The molecule has 0 unspecified atom stereocenters. The highest BCUT2D eigenvalue weighted by atomic mass is 16.1. The normalized spacial score (nSPS) is 10.4. The summed E-state index contributed by atoms with van der Waals surface area (Å²) < 4.78 is 1.67. The molecule has 2 aromatic rings. The highest BCUT2D eigenvalue weighted by molar-refractivity contribution is 5.91. The summed E-state index contributed by atoms with van der Waals surface area (Å²) >= 11 is 0. The molecule has 0 fully saturated rings. The zero-order valence-electron chi connectivity index (χ0n) is 6.56. The van der Waals surface area contributed by atoms with Crippen LogP contribution in [0.15, 0.2) is 24.4 Å². The van der Waals surface area contributed by atoms with E-state index in [0.29, 0.717) is 11.5 Å². The molecule has 2 rings (SSSR count). The summed E-state index contributed by atoms with van der Waals surface area (Å²) in [5.74, 6) is 0.305. The summed E-state index contributed by atoms with van der Waals surface area (Å²) in [6, 6.07) is 5.50. The van der Waals surface area contributed by atoms with Crippen LogP contribution >= 0.6 is 0 Å². The number of carbonyl (C=O) groups excluding carboxylic acids is 1. The molecule has 0 aliphatic carbocycles. The van der Waals surface area contributed by atoms with Crippen molar-refractivity contribution in [2.24, 2.45) is 0 Å². The number of hydrogen-bond acceptors (Lipinski definition) is 3. The maximum atomic E-state index is 11.0. The smallest absolute Gasteiger partial charge is 0.204 e. The van der Waals surface area contributed by atoms with Crippen LogP contribution in [0.2, 0.25) is 0 Å². The third-order valence-electron chi connectivity index (χ3n) is 1.63. The number of pyridine rings is 1. The minimum Gasteiger partial charge on any atom is -0.291 e. The van der Waals surface area contributed by atoms with Gasteiger partial charge in [-0.2, -0.15) is 0 Å². The second-order valence-electron chi connectivity index (χ2n) is 2.51. The molecule has 0 bridgehead atoms. The first kappa shape index (κ1) is 6.97. The summed E-state index contributed by atoms with van der Waals surface area (Å²) in [7, 11) is 0. The van der Waals surface area contributed by atoms with Crippen molar-refractivity contribution in [1.82, 2.24) is 14.6 Å². The van der Waals surface area contributed by atoms with E-state index in [2.05, 4.69) is 10.2 Å². The molecule has 0 spiro atoms. The van der Waals surface area contributed by atoms with Gasteiger partial charge in [0.05, 0.1) is 0 Å². The number of ketones is 1. The van der Waals surface area contributed by atoms with Gasteiger partial charge in [0.25, 0.3) is 0 Å². The van der Waals surface area contributed by atoms with Gasteiger partial charge >= 0.3 is 0 Å². The molecule has 0 N–H and O–H groups in total. The van der Waals surface area contributed by atoms with Crippen LogP contribution < -0.4 is 0 Å². The molecule has 0 amide bonds. The van der Waals surface area contributed by atoms with Crippen molar-refractivity contribution in [1.29, 1.82) is 0 Å². The minimum absolute atomic E-state index is 0.0753. The Hall–Kier alpha value is -1.71. The minimum atomic E-state index is -0.0753. The van der Waals surface area contributed by atoms with Gasteiger partial charge in [-0.25, -0.2) is 0 Å². The van der Waals surface area contributed by atoms with Crippen LogP contribution in [-0.4, -0.2) is 20.4 Å². The van der Waals surface area contributed by atoms with Crippen LogP contribution in [0.25, 0.3) is 5.65 Å². The Labute approximate surface area is 68.8 Å². The molecule has 0 saturated heterocycles. The van der Waals surface area contributed by atoms with Crippen LogP contribution in [0, 0.1) is 0 Å². The Kier molecular flexibility index (Phi) is 1.40. The van der Waals surface area contributed by atoms with Crippen LogP contribution in [0.4, 0.5) is 0 Å². The van der Waals surface area contributed by atoms with E-state index < -0.39 is 0 Å². The second kappa shape index (κ2) is 2.41. The Morgan fingerprint density at radius 3 is 3.00 bits per heavy atom. The molecule has 0 aliphatic rings. The average Bonchev–Trinajstić information content (AvgIpc) is 2.47. The predicted molar refractivity (Wildman–Crippen MR) is 43.0 cm³/mol. The predicted octanol–water partition coefficient (Wildman–Crippen LogP) is 0.932. The molecule has 0 aromatic carbocycles. The van der Waals surface area contributed by atoms with Gasteiger partial charge in [-0.05, 0) is 12.1 Å². The number of nitrogens with zero attached hydrogens (tertiary/aromatic N) is 3. The van der Waals surface area contributed by atoms with Crippen molar-refractivity contribution in [2.45, 2.75) is 6.92 Å². The first-order valence-electron chi connectivity index (χ1n) is 3.60. The van der Waals surface area contributed by atoms with Gasteiger partial charge in [-0.3, -0.25) is 9.20 Å². The van der Waals surface area contributed by atoms with Gasteiger partial charge in [-0.1, -0.05) is 6.07 Å². The summed E-state index contributed by atoms with van der Waals surface area (Å²) in [5, 5.41) is 7.59. The molecular weight excluding hydrogens is 154 g/mol. The summed E-state index contributed by atoms with van der Waals surface area (Å²) in [5.41, 5.74) is 0.697. The molecular formula is C8H7N3O. The maximum Gasteiger partial charge on any atom is 0.204 e. The van der Waals surface area contributed by atoms with E-state index in [4.69, 9.17) is 0 Å². The van der Waals surface area contributed by atoms with Gasteiger partial charge in [-0.15, -0.1) is 10.2 Å². The fourth-order valence-corrected chi connectivity index (χ4v) is 1.08. The van der Waals surface area contributed by atoms with Crippen molar-refractivity contribution < 1.29 is 4.79 Å². The van der Waals surface area contributed by atoms with E-state index in [1.54, 1.807) is 16.7 Å². The molecule has 2 heterocycles. The van der Waals surface area contributed by atoms with Crippen LogP contribution in [-0.2, 0) is 0 Å². The topological polar surface area (TPSA) is 47.3 Å². The standard InChI is InChI=1S/C8H7N3O/c1-6(12)8-10-9-7-4-2-3-5-11(7)8/h2-5H,1H3. The second-order valence-corrected chi connectivity index (χ2v) is 2.51. The average molecular weight is 161 g/mol. The highest BCUT2D eigenvalue weighted by Crippen LogP contribution is 2.02. The number of carbonyl (C=O) groups is 1. The molecule has 0 saturated carbocycles. The largest absolute Gasteiger partial charge is 0.291 e.